The number of nitrogens with one attached hydrogen (secondary N) is 1. The van der Waals surface area contributed by atoms with Gasteiger partial charge in [0, 0.05) is 29.7 Å². The normalized spacial score (nSPS) is 13.7. The molecule has 0 atom stereocenters. The van der Waals surface area contributed by atoms with Crippen molar-refractivity contribution in [1.29, 1.82) is 0 Å². The van der Waals surface area contributed by atoms with Crippen molar-refractivity contribution in [3.63, 3.8) is 0 Å². The highest BCUT2D eigenvalue weighted by Crippen LogP contribution is 2.33. The minimum absolute atomic E-state index is 0.211. The Morgan fingerprint density at radius 2 is 1.96 bits per heavy atom. The molecular formula is C20H25FN2O. The Morgan fingerprint density at radius 1 is 1.12 bits per heavy atom. The van der Waals surface area contributed by atoms with Crippen LogP contribution in [0.1, 0.15) is 56.2 Å². The van der Waals surface area contributed by atoms with Crippen LogP contribution in [0.2, 0.25) is 0 Å². The smallest absolute Gasteiger partial charge is 0.124 e. The van der Waals surface area contributed by atoms with E-state index in [1.54, 1.807) is 12.1 Å². The molecule has 1 heterocycles. The van der Waals surface area contributed by atoms with E-state index in [-0.39, 0.29) is 5.82 Å². The van der Waals surface area contributed by atoms with Crippen LogP contribution in [0.4, 0.5) is 10.1 Å². The number of fused-ring (bicyclic) bond motifs is 2. The first-order valence-electron chi connectivity index (χ1n) is 9.08. The second-order valence-electron chi connectivity index (χ2n) is 6.58. The van der Waals surface area contributed by atoms with Crippen LogP contribution in [-0.4, -0.2) is 17.8 Å². The summed E-state index contributed by atoms with van der Waals surface area (Å²) in [4.78, 5) is 15.1. The fourth-order valence-electron chi connectivity index (χ4n) is 3.52. The number of unbranched alkanes of at least 4 members (excludes halogenated alkanes) is 4. The Kier molecular flexibility index (Phi) is 5.78. The van der Waals surface area contributed by atoms with Crippen LogP contribution in [0.3, 0.4) is 0 Å². The number of aldehydes is 1. The van der Waals surface area contributed by atoms with Crippen molar-refractivity contribution in [3.05, 3.63) is 35.3 Å². The predicted octanol–water partition coefficient (Wildman–Crippen LogP) is 4.81. The first-order valence-corrected chi connectivity index (χ1v) is 9.08. The molecule has 3 rings (SSSR count). The highest BCUT2D eigenvalue weighted by molar-refractivity contribution is 5.93. The standard InChI is InChI=1S/C20H25FN2O/c21-15-10-11-19-17(14-15)20(16-8-4-5-9-18(16)23-19)22-12-6-2-1-3-7-13-24/h10-11,13-14H,1-9,12H2,(H,22,23). The van der Waals surface area contributed by atoms with Gasteiger partial charge >= 0.3 is 0 Å². The molecule has 4 heteroatoms. The quantitative estimate of drug-likeness (QED) is 0.558. The summed E-state index contributed by atoms with van der Waals surface area (Å²) in [5.41, 5.74) is 4.42. The molecule has 1 N–H and O–H groups in total. The SMILES string of the molecule is O=CCCCCCCNc1c2c(nc3ccc(F)cc13)CCCC2. The monoisotopic (exact) mass is 328 g/mol. The lowest BCUT2D eigenvalue weighted by atomic mass is 9.92. The number of aromatic nitrogens is 1. The van der Waals surface area contributed by atoms with Crippen molar-refractivity contribution in [1.82, 2.24) is 4.98 Å². The largest absolute Gasteiger partial charge is 0.384 e. The number of nitrogens with zero attached hydrogens (tertiary/aromatic N) is 1. The maximum Gasteiger partial charge on any atom is 0.124 e. The molecule has 1 aliphatic carbocycles. The summed E-state index contributed by atoms with van der Waals surface area (Å²) in [5, 5.41) is 4.46. The number of halogens is 1. The summed E-state index contributed by atoms with van der Waals surface area (Å²) in [6.45, 7) is 0.878. The third-order valence-electron chi connectivity index (χ3n) is 4.77. The van der Waals surface area contributed by atoms with E-state index in [0.29, 0.717) is 6.42 Å². The minimum atomic E-state index is -0.211. The van der Waals surface area contributed by atoms with Crippen molar-refractivity contribution < 1.29 is 9.18 Å². The Labute approximate surface area is 142 Å². The molecule has 128 valence electrons. The number of aryl methyl sites for hydroxylation is 1. The van der Waals surface area contributed by atoms with E-state index < -0.39 is 0 Å². The number of hydrogen-bond donors (Lipinski definition) is 1. The van der Waals surface area contributed by atoms with E-state index in [1.807, 2.05) is 0 Å². The van der Waals surface area contributed by atoms with E-state index in [1.165, 1.54) is 30.2 Å². The van der Waals surface area contributed by atoms with Gasteiger partial charge in [0.15, 0.2) is 0 Å². The first-order chi connectivity index (χ1) is 11.8. The number of carbonyl (C=O) groups excluding carboxylic acids is 1. The number of benzene rings is 1. The first kappa shape index (κ1) is 16.9. The van der Waals surface area contributed by atoms with Crippen LogP contribution in [0.5, 0.6) is 0 Å². The Morgan fingerprint density at radius 3 is 2.83 bits per heavy atom. The summed E-state index contributed by atoms with van der Waals surface area (Å²) < 4.78 is 13.7. The van der Waals surface area contributed by atoms with Crippen molar-refractivity contribution in [2.45, 2.75) is 57.8 Å². The lowest BCUT2D eigenvalue weighted by Gasteiger charge is -2.21. The van der Waals surface area contributed by atoms with Crippen molar-refractivity contribution in [2.24, 2.45) is 0 Å². The number of pyridine rings is 1. The number of hydrogen-bond acceptors (Lipinski definition) is 3. The highest BCUT2D eigenvalue weighted by Gasteiger charge is 2.18. The second-order valence-corrected chi connectivity index (χ2v) is 6.58. The molecule has 0 saturated heterocycles. The maximum atomic E-state index is 13.7. The third kappa shape index (κ3) is 3.92. The van der Waals surface area contributed by atoms with Crippen molar-refractivity contribution >= 4 is 22.9 Å². The molecule has 2 aromatic rings. The molecule has 0 aliphatic heterocycles. The molecule has 3 nitrogen and oxygen atoms in total. The Balaban J connectivity index is 1.75. The van der Waals surface area contributed by atoms with Gasteiger partial charge in [-0.1, -0.05) is 12.8 Å². The topological polar surface area (TPSA) is 42.0 Å². The molecule has 0 saturated carbocycles. The summed E-state index contributed by atoms with van der Waals surface area (Å²) in [5.74, 6) is -0.211. The van der Waals surface area contributed by atoms with Crippen LogP contribution in [-0.2, 0) is 17.6 Å². The molecule has 0 spiro atoms. The molecule has 0 radical (unpaired) electrons. The molecule has 1 aliphatic rings. The fourth-order valence-corrected chi connectivity index (χ4v) is 3.52. The lowest BCUT2D eigenvalue weighted by molar-refractivity contribution is -0.107. The van der Waals surface area contributed by atoms with Crippen LogP contribution in [0.25, 0.3) is 10.9 Å². The van der Waals surface area contributed by atoms with Gasteiger partial charge in [-0.05, 0) is 62.3 Å². The average Bonchev–Trinajstić information content (AvgIpc) is 2.60. The molecular weight excluding hydrogens is 303 g/mol. The zero-order valence-electron chi connectivity index (χ0n) is 14.1. The average molecular weight is 328 g/mol. The highest BCUT2D eigenvalue weighted by atomic mass is 19.1. The maximum absolute atomic E-state index is 13.7. The zero-order valence-corrected chi connectivity index (χ0v) is 14.1. The summed E-state index contributed by atoms with van der Waals surface area (Å²) in [7, 11) is 0. The van der Waals surface area contributed by atoms with Crippen LogP contribution < -0.4 is 5.32 Å². The summed E-state index contributed by atoms with van der Waals surface area (Å²) in [6, 6.07) is 4.87. The molecule has 1 aromatic carbocycles. The van der Waals surface area contributed by atoms with E-state index in [2.05, 4.69) is 5.32 Å². The fraction of sp³-hybridized carbons (Fsp3) is 0.500. The van der Waals surface area contributed by atoms with E-state index in [4.69, 9.17) is 4.98 Å². The zero-order chi connectivity index (χ0) is 16.8. The minimum Gasteiger partial charge on any atom is -0.384 e. The molecule has 1 aromatic heterocycles. The van der Waals surface area contributed by atoms with Gasteiger partial charge in [0.25, 0.3) is 0 Å². The van der Waals surface area contributed by atoms with Crippen molar-refractivity contribution in [3.8, 4) is 0 Å². The number of anilines is 1. The third-order valence-corrected chi connectivity index (χ3v) is 4.77. The lowest BCUT2D eigenvalue weighted by Crippen LogP contribution is -2.12. The molecule has 0 bridgehead atoms. The second kappa shape index (κ2) is 8.22. The van der Waals surface area contributed by atoms with E-state index in [9.17, 15) is 9.18 Å². The van der Waals surface area contributed by atoms with E-state index in [0.717, 1.165) is 67.9 Å². The number of rotatable bonds is 8. The van der Waals surface area contributed by atoms with Gasteiger partial charge in [-0.2, -0.15) is 0 Å². The summed E-state index contributed by atoms with van der Waals surface area (Å²) >= 11 is 0. The van der Waals surface area contributed by atoms with Gasteiger partial charge in [-0.15, -0.1) is 0 Å². The molecule has 24 heavy (non-hydrogen) atoms. The molecule has 0 amide bonds. The van der Waals surface area contributed by atoms with Gasteiger partial charge in [0.2, 0.25) is 0 Å². The van der Waals surface area contributed by atoms with Gasteiger partial charge < -0.3 is 10.1 Å². The summed E-state index contributed by atoms with van der Waals surface area (Å²) in [6.07, 6.45) is 10.3. The van der Waals surface area contributed by atoms with Crippen molar-refractivity contribution in [2.75, 3.05) is 11.9 Å². The molecule has 0 fully saturated rings. The number of carbonyl (C=O) groups is 1. The van der Waals surface area contributed by atoms with Crippen LogP contribution in [0, 0.1) is 5.82 Å². The Hall–Kier alpha value is -1.97. The van der Waals surface area contributed by atoms with Crippen LogP contribution in [0.15, 0.2) is 18.2 Å². The van der Waals surface area contributed by atoms with Gasteiger partial charge in [-0.3, -0.25) is 4.98 Å². The predicted molar refractivity (Wildman–Crippen MR) is 96.0 cm³/mol. The van der Waals surface area contributed by atoms with Crippen LogP contribution >= 0.6 is 0 Å². The van der Waals surface area contributed by atoms with E-state index >= 15 is 0 Å². The van der Waals surface area contributed by atoms with Gasteiger partial charge in [-0.25, -0.2) is 4.39 Å². The van der Waals surface area contributed by atoms with Gasteiger partial charge in [0.1, 0.15) is 12.1 Å². The Bertz CT molecular complexity index is 714. The molecule has 0 unspecified atom stereocenters. The van der Waals surface area contributed by atoms with Gasteiger partial charge in [0.05, 0.1) is 5.52 Å².